The molecule has 0 spiro atoms. The molecule has 200 valence electrons. The van der Waals surface area contributed by atoms with Crippen LogP contribution in [0.15, 0.2) is 32.6 Å². The third-order valence-corrected chi connectivity index (χ3v) is 5.85. The number of nitriles is 1. The Morgan fingerprint density at radius 2 is 1.76 bits per heavy atom. The third-order valence-electron chi connectivity index (χ3n) is 5.29. The number of hydrogen-bond donors (Lipinski definition) is 2. The van der Waals surface area contributed by atoms with E-state index in [4.69, 9.17) is 43.7 Å². The monoisotopic (exact) mass is 563 g/mol. The summed E-state index contributed by atoms with van der Waals surface area (Å²) in [6.45, 7) is 6.58. The molecule has 0 bridgehead atoms. The minimum atomic E-state index is -0.940. The number of nitrogens with two attached hydrogens (primary N) is 1. The van der Waals surface area contributed by atoms with E-state index < -0.39 is 41.2 Å². The average Bonchev–Trinajstić information content (AvgIpc) is 2.85. The van der Waals surface area contributed by atoms with Crippen LogP contribution < -0.4 is 27.3 Å². The van der Waals surface area contributed by atoms with Gasteiger partial charge in [0.15, 0.2) is 12.5 Å². The van der Waals surface area contributed by atoms with Crippen molar-refractivity contribution in [3.05, 3.63) is 70.7 Å². The predicted octanol–water partition coefficient (Wildman–Crippen LogP) is 2.06. The highest BCUT2D eigenvalue weighted by Crippen LogP contribution is 2.37. The number of esters is 1. The summed E-state index contributed by atoms with van der Waals surface area (Å²) < 4.78 is 12.6. The lowest BCUT2D eigenvalue weighted by Crippen LogP contribution is -2.38. The smallest absolute Gasteiger partial charge is 0.349 e. The second kappa shape index (κ2) is 11.6. The standard InChI is InChI=1S/C23H23Cl2N7O6/c1-10(2)13-7-17(30-31(21(13)34)9-37-22(35)18(27)11(3)4)38-19-14(24)5-12(6-15(19)25)32-23(36)28-20(33)16(8-26)29-32/h5-7,10-11,18H,9,27H2,1-4H3,(H,28,33,36). The van der Waals surface area contributed by atoms with Crippen LogP contribution in [0.4, 0.5) is 0 Å². The van der Waals surface area contributed by atoms with E-state index in [1.165, 1.54) is 18.2 Å². The van der Waals surface area contributed by atoms with Gasteiger partial charge >= 0.3 is 11.7 Å². The molecule has 0 saturated heterocycles. The lowest BCUT2D eigenvalue weighted by atomic mass is 10.1. The van der Waals surface area contributed by atoms with Gasteiger partial charge in [-0.25, -0.2) is 4.79 Å². The zero-order chi connectivity index (χ0) is 28.3. The van der Waals surface area contributed by atoms with Crippen molar-refractivity contribution in [1.82, 2.24) is 24.5 Å². The number of benzene rings is 1. The molecule has 3 N–H and O–H groups in total. The molecule has 2 heterocycles. The Hall–Kier alpha value is -3.99. The molecule has 15 heteroatoms. The van der Waals surface area contributed by atoms with Crippen molar-refractivity contribution >= 4 is 29.2 Å². The first kappa shape index (κ1) is 28.6. The van der Waals surface area contributed by atoms with Crippen LogP contribution in [0.2, 0.25) is 10.0 Å². The highest BCUT2D eigenvalue weighted by atomic mass is 35.5. The number of H-pyrrole nitrogens is 1. The van der Waals surface area contributed by atoms with Gasteiger partial charge < -0.3 is 15.2 Å². The van der Waals surface area contributed by atoms with Crippen LogP contribution in [0.1, 0.15) is 44.9 Å². The molecular formula is C23H23Cl2N7O6. The minimum absolute atomic E-state index is 0.0410. The molecule has 0 aliphatic carbocycles. The fraction of sp³-hybridized carbons (Fsp3) is 0.348. The average molecular weight is 564 g/mol. The molecule has 3 aromatic rings. The van der Waals surface area contributed by atoms with Crippen molar-refractivity contribution in [2.45, 2.75) is 46.4 Å². The second-order valence-corrected chi connectivity index (χ2v) is 9.55. The van der Waals surface area contributed by atoms with Crippen LogP contribution >= 0.6 is 23.2 Å². The molecule has 13 nitrogen and oxygen atoms in total. The van der Waals surface area contributed by atoms with Crippen molar-refractivity contribution in [2.24, 2.45) is 11.7 Å². The Bertz CT molecular complexity index is 1580. The Morgan fingerprint density at radius 1 is 1.13 bits per heavy atom. The molecule has 0 fully saturated rings. The number of carbonyl (C=O) groups excluding carboxylic acids is 1. The van der Waals surface area contributed by atoms with E-state index in [1.54, 1.807) is 33.8 Å². The maximum absolute atomic E-state index is 12.9. The fourth-order valence-corrected chi connectivity index (χ4v) is 3.65. The van der Waals surface area contributed by atoms with Gasteiger partial charge in [-0.3, -0.25) is 19.4 Å². The van der Waals surface area contributed by atoms with E-state index in [-0.39, 0.29) is 39.2 Å². The van der Waals surface area contributed by atoms with Crippen molar-refractivity contribution in [3.8, 4) is 23.4 Å². The lowest BCUT2D eigenvalue weighted by Gasteiger charge is -2.17. The Labute approximate surface area is 225 Å². The molecular weight excluding hydrogens is 541 g/mol. The summed E-state index contributed by atoms with van der Waals surface area (Å²) in [6, 6.07) is 4.64. The number of halogens is 2. The molecule has 0 aliphatic heterocycles. The van der Waals surface area contributed by atoms with E-state index in [2.05, 4.69) is 10.2 Å². The molecule has 1 unspecified atom stereocenters. The number of carbonyl (C=O) groups is 1. The van der Waals surface area contributed by atoms with Crippen LogP contribution in [0, 0.1) is 17.2 Å². The van der Waals surface area contributed by atoms with Crippen molar-refractivity contribution in [1.29, 1.82) is 5.26 Å². The summed E-state index contributed by atoms with van der Waals surface area (Å²) >= 11 is 12.7. The normalized spacial score (nSPS) is 11.9. The molecule has 0 aliphatic rings. The molecule has 0 amide bonds. The minimum Gasteiger partial charge on any atom is -0.441 e. The number of aromatic nitrogens is 5. The van der Waals surface area contributed by atoms with Crippen LogP contribution in [0.3, 0.4) is 0 Å². The number of aromatic amines is 1. The van der Waals surface area contributed by atoms with Gasteiger partial charge in [-0.1, -0.05) is 50.9 Å². The Balaban J connectivity index is 1.99. The number of nitrogens with zero attached hydrogens (tertiary/aromatic N) is 5. The quantitative estimate of drug-likeness (QED) is 0.383. The predicted molar refractivity (Wildman–Crippen MR) is 137 cm³/mol. The first-order valence-electron chi connectivity index (χ1n) is 11.2. The summed E-state index contributed by atoms with van der Waals surface area (Å²) in [7, 11) is 0. The third kappa shape index (κ3) is 6.10. The van der Waals surface area contributed by atoms with E-state index >= 15 is 0 Å². The van der Waals surface area contributed by atoms with E-state index in [1.807, 2.05) is 4.98 Å². The molecule has 3 rings (SSSR count). The summed E-state index contributed by atoms with van der Waals surface area (Å²) in [5.41, 5.74) is 3.26. The van der Waals surface area contributed by atoms with Gasteiger partial charge in [-0.05, 0) is 24.0 Å². The van der Waals surface area contributed by atoms with Crippen LogP contribution in [-0.2, 0) is 16.3 Å². The second-order valence-electron chi connectivity index (χ2n) is 8.73. The molecule has 1 aromatic carbocycles. The molecule has 38 heavy (non-hydrogen) atoms. The first-order valence-corrected chi connectivity index (χ1v) is 11.9. The molecule has 0 saturated carbocycles. The molecule has 0 radical (unpaired) electrons. The van der Waals surface area contributed by atoms with E-state index in [0.29, 0.717) is 5.56 Å². The van der Waals surface area contributed by atoms with Crippen LogP contribution in [-0.4, -0.2) is 36.6 Å². The SMILES string of the molecule is CC(C)c1cc(Oc2c(Cl)cc(-n3nc(C#N)c(=O)[nH]c3=O)cc2Cl)nn(COC(=O)C(N)C(C)C)c1=O. The number of rotatable bonds is 8. The first-order chi connectivity index (χ1) is 17.8. The number of nitrogens with one attached hydrogen (secondary N) is 1. The maximum Gasteiger partial charge on any atom is 0.349 e. The van der Waals surface area contributed by atoms with Gasteiger partial charge in [0.1, 0.15) is 12.1 Å². The molecule has 2 aromatic heterocycles. The fourth-order valence-electron chi connectivity index (χ4n) is 3.10. The highest BCUT2D eigenvalue weighted by Gasteiger charge is 2.21. The van der Waals surface area contributed by atoms with Gasteiger partial charge in [-0.15, -0.1) is 10.2 Å². The van der Waals surface area contributed by atoms with Gasteiger partial charge in [0.2, 0.25) is 11.6 Å². The van der Waals surface area contributed by atoms with Gasteiger partial charge in [0, 0.05) is 11.6 Å². The zero-order valence-electron chi connectivity index (χ0n) is 20.7. The Kier molecular flexibility index (Phi) is 8.72. The van der Waals surface area contributed by atoms with Gasteiger partial charge in [0.05, 0.1) is 15.7 Å². The van der Waals surface area contributed by atoms with E-state index in [9.17, 15) is 19.2 Å². The zero-order valence-corrected chi connectivity index (χ0v) is 22.2. The summed E-state index contributed by atoms with van der Waals surface area (Å²) in [4.78, 5) is 50.8. The molecule has 1 atom stereocenters. The highest BCUT2D eigenvalue weighted by molar-refractivity contribution is 6.37. The van der Waals surface area contributed by atoms with Gasteiger partial charge in [0.25, 0.3) is 11.1 Å². The van der Waals surface area contributed by atoms with Crippen LogP contribution in [0.5, 0.6) is 11.6 Å². The largest absolute Gasteiger partial charge is 0.441 e. The number of hydrogen-bond acceptors (Lipinski definition) is 10. The summed E-state index contributed by atoms with van der Waals surface area (Å²) in [6.07, 6.45) is 0. The van der Waals surface area contributed by atoms with E-state index in [0.717, 1.165) is 9.36 Å². The maximum atomic E-state index is 12.9. The van der Waals surface area contributed by atoms with Crippen molar-refractivity contribution in [2.75, 3.05) is 0 Å². The topological polar surface area (TPSA) is 188 Å². The summed E-state index contributed by atoms with van der Waals surface area (Å²) in [5, 5.41) is 16.7. The number of ether oxygens (including phenoxy) is 2. The van der Waals surface area contributed by atoms with Crippen LogP contribution in [0.25, 0.3) is 5.69 Å². The van der Waals surface area contributed by atoms with Crippen molar-refractivity contribution < 1.29 is 14.3 Å². The lowest BCUT2D eigenvalue weighted by molar-refractivity contribution is -0.150. The Morgan fingerprint density at radius 3 is 2.32 bits per heavy atom. The summed E-state index contributed by atoms with van der Waals surface area (Å²) in [5.74, 6) is -1.26. The van der Waals surface area contributed by atoms with Gasteiger partial charge in [-0.2, -0.15) is 14.6 Å². The van der Waals surface area contributed by atoms with Crippen molar-refractivity contribution in [3.63, 3.8) is 0 Å².